The van der Waals surface area contributed by atoms with Crippen molar-refractivity contribution in [3.05, 3.63) is 95.3 Å². The van der Waals surface area contributed by atoms with Gasteiger partial charge in [-0.1, -0.05) is 69.3 Å². The van der Waals surface area contributed by atoms with Crippen molar-refractivity contribution in [2.45, 2.75) is 45.6 Å². The van der Waals surface area contributed by atoms with E-state index in [2.05, 4.69) is 26.1 Å². The highest BCUT2D eigenvalue weighted by atomic mass is 19.1. The van der Waals surface area contributed by atoms with Crippen LogP contribution < -0.4 is 10.1 Å². The summed E-state index contributed by atoms with van der Waals surface area (Å²) in [5, 5.41) is 2.94. The molecule has 0 spiro atoms. The first-order valence-corrected chi connectivity index (χ1v) is 12.4. The first-order valence-electron chi connectivity index (χ1n) is 12.4. The quantitative estimate of drug-likeness (QED) is 0.385. The summed E-state index contributed by atoms with van der Waals surface area (Å²) in [6.45, 7) is 6.83. The molecule has 0 aliphatic carbocycles. The maximum absolute atomic E-state index is 14.4. The van der Waals surface area contributed by atoms with Gasteiger partial charge in [-0.05, 0) is 65.6 Å². The number of aryl methyl sites for hydroxylation is 1. The lowest BCUT2D eigenvalue weighted by Gasteiger charge is -2.39. The van der Waals surface area contributed by atoms with Crippen LogP contribution in [0.15, 0.2) is 72.8 Å². The molecule has 1 aliphatic heterocycles. The van der Waals surface area contributed by atoms with E-state index in [1.54, 1.807) is 6.07 Å². The van der Waals surface area contributed by atoms with Gasteiger partial charge in [0.2, 0.25) is 0 Å². The standard InChI is InChI=1S/C30H34FNO3/c1-4-21-10-5-8-15-28(21)32-29(33)19-34-24-12-9-11-22(16-24)30-26(20(2)3)17-23(18-35-30)25-13-6-7-14-27(25)31/h5-16,20,23,26,30H,4,17-19H2,1-3H3,(H,32,33)/t23-,26-,30-/m0/s1. The molecule has 3 atom stereocenters. The average molecular weight is 476 g/mol. The number of carbonyl (C=O) groups excluding carboxylic acids is 1. The van der Waals surface area contributed by atoms with Crippen LogP contribution in [0.5, 0.6) is 5.75 Å². The van der Waals surface area contributed by atoms with Gasteiger partial charge in [-0.3, -0.25) is 4.79 Å². The Hall–Kier alpha value is -3.18. The van der Waals surface area contributed by atoms with Gasteiger partial charge in [-0.2, -0.15) is 0 Å². The lowest BCUT2D eigenvalue weighted by molar-refractivity contribution is -0.118. The molecule has 0 unspecified atom stereocenters. The van der Waals surface area contributed by atoms with Crippen LogP contribution in [0, 0.1) is 17.7 Å². The van der Waals surface area contributed by atoms with E-state index >= 15 is 0 Å². The number of nitrogens with one attached hydrogen (secondary N) is 1. The summed E-state index contributed by atoms with van der Waals surface area (Å²) in [5.41, 5.74) is 3.65. The van der Waals surface area contributed by atoms with Crippen molar-refractivity contribution in [2.24, 2.45) is 11.8 Å². The fraction of sp³-hybridized carbons (Fsp3) is 0.367. The lowest BCUT2D eigenvalue weighted by atomic mass is 9.76. The van der Waals surface area contributed by atoms with Gasteiger partial charge >= 0.3 is 0 Å². The fourth-order valence-electron chi connectivity index (χ4n) is 4.92. The van der Waals surface area contributed by atoms with Crippen molar-refractivity contribution >= 4 is 11.6 Å². The molecule has 1 amide bonds. The van der Waals surface area contributed by atoms with Gasteiger partial charge in [-0.25, -0.2) is 4.39 Å². The molecule has 3 aromatic rings. The van der Waals surface area contributed by atoms with Crippen molar-refractivity contribution in [3.8, 4) is 5.75 Å². The molecule has 1 heterocycles. The van der Waals surface area contributed by atoms with Gasteiger partial charge in [0, 0.05) is 11.6 Å². The summed E-state index contributed by atoms with van der Waals surface area (Å²) in [6.07, 6.45) is 1.59. The first-order chi connectivity index (χ1) is 17.0. The molecule has 35 heavy (non-hydrogen) atoms. The zero-order chi connectivity index (χ0) is 24.8. The monoisotopic (exact) mass is 475 g/mol. The Bertz CT molecular complexity index is 1150. The highest BCUT2D eigenvalue weighted by Crippen LogP contribution is 2.44. The van der Waals surface area contributed by atoms with Crippen LogP contribution in [-0.2, 0) is 16.0 Å². The molecular weight excluding hydrogens is 441 g/mol. The topological polar surface area (TPSA) is 47.6 Å². The fourth-order valence-corrected chi connectivity index (χ4v) is 4.92. The summed E-state index contributed by atoms with van der Waals surface area (Å²) in [4.78, 5) is 12.5. The molecule has 4 rings (SSSR count). The smallest absolute Gasteiger partial charge is 0.262 e. The highest BCUT2D eigenvalue weighted by Gasteiger charge is 2.35. The van der Waals surface area contributed by atoms with Gasteiger partial charge in [0.1, 0.15) is 11.6 Å². The summed E-state index contributed by atoms with van der Waals surface area (Å²) >= 11 is 0. The third-order valence-electron chi connectivity index (χ3n) is 6.85. The van der Waals surface area contributed by atoms with Gasteiger partial charge in [0.25, 0.3) is 5.91 Å². The van der Waals surface area contributed by atoms with E-state index in [0.29, 0.717) is 18.3 Å². The SMILES string of the molecule is CCc1ccccc1NC(=O)COc1cccc([C@@H]2OC[C@@H](c3ccccc3F)C[C@H]2C(C)C)c1. The van der Waals surface area contributed by atoms with Crippen LogP contribution in [0.1, 0.15) is 55.9 Å². The van der Waals surface area contributed by atoms with Crippen LogP contribution in [0.2, 0.25) is 0 Å². The third-order valence-corrected chi connectivity index (χ3v) is 6.85. The van der Waals surface area contributed by atoms with E-state index in [1.165, 1.54) is 6.07 Å². The van der Waals surface area contributed by atoms with Crippen LogP contribution >= 0.6 is 0 Å². The molecular formula is C30H34FNO3. The van der Waals surface area contributed by atoms with Crippen molar-refractivity contribution in [3.63, 3.8) is 0 Å². The number of rotatable bonds is 8. The number of hydrogen-bond acceptors (Lipinski definition) is 3. The molecule has 0 aromatic heterocycles. The van der Waals surface area contributed by atoms with E-state index in [4.69, 9.17) is 9.47 Å². The first kappa shape index (κ1) is 24.9. The maximum atomic E-state index is 14.4. The second kappa shape index (κ2) is 11.5. The van der Waals surface area contributed by atoms with Crippen molar-refractivity contribution in [1.29, 1.82) is 0 Å². The second-order valence-corrected chi connectivity index (χ2v) is 9.54. The zero-order valence-electron chi connectivity index (χ0n) is 20.7. The minimum Gasteiger partial charge on any atom is -0.484 e. The molecule has 4 nitrogen and oxygen atoms in total. The predicted octanol–water partition coefficient (Wildman–Crippen LogP) is 6.92. The molecule has 1 fully saturated rings. The Morgan fingerprint density at radius 2 is 1.86 bits per heavy atom. The second-order valence-electron chi connectivity index (χ2n) is 9.54. The highest BCUT2D eigenvalue weighted by molar-refractivity contribution is 5.92. The Morgan fingerprint density at radius 1 is 1.09 bits per heavy atom. The minimum atomic E-state index is -0.196. The molecule has 1 aliphatic rings. The number of benzene rings is 3. The van der Waals surface area contributed by atoms with E-state index < -0.39 is 0 Å². The van der Waals surface area contributed by atoms with Gasteiger partial charge in [0.15, 0.2) is 6.61 Å². The summed E-state index contributed by atoms with van der Waals surface area (Å²) < 4.78 is 26.6. The number of amides is 1. The van der Waals surface area contributed by atoms with Gasteiger partial charge < -0.3 is 14.8 Å². The summed E-state index contributed by atoms with van der Waals surface area (Å²) in [5.74, 6) is 0.897. The Morgan fingerprint density at radius 3 is 2.63 bits per heavy atom. The third kappa shape index (κ3) is 6.09. The van der Waals surface area contributed by atoms with Crippen LogP contribution in [0.3, 0.4) is 0 Å². The van der Waals surface area contributed by atoms with Gasteiger partial charge in [0.05, 0.1) is 12.7 Å². The van der Waals surface area contributed by atoms with Crippen molar-refractivity contribution in [2.75, 3.05) is 18.5 Å². The van der Waals surface area contributed by atoms with E-state index in [9.17, 15) is 9.18 Å². The van der Waals surface area contributed by atoms with Crippen molar-refractivity contribution < 1.29 is 18.7 Å². The van der Waals surface area contributed by atoms with Crippen LogP contribution in [0.25, 0.3) is 0 Å². The molecule has 1 N–H and O–H groups in total. The number of halogens is 1. The Labute approximate surface area is 207 Å². The summed E-state index contributed by atoms with van der Waals surface area (Å²) in [6, 6.07) is 22.5. The van der Waals surface area contributed by atoms with Crippen LogP contribution in [0.4, 0.5) is 10.1 Å². The average Bonchev–Trinajstić information content (AvgIpc) is 2.88. The van der Waals surface area contributed by atoms with E-state index in [0.717, 1.165) is 35.2 Å². The van der Waals surface area contributed by atoms with E-state index in [1.807, 2.05) is 60.7 Å². The molecule has 0 saturated carbocycles. The largest absolute Gasteiger partial charge is 0.484 e. The number of para-hydroxylation sites is 1. The number of anilines is 1. The number of hydrogen-bond donors (Lipinski definition) is 1. The molecule has 5 heteroatoms. The minimum absolute atomic E-state index is 0.0361. The predicted molar refractivity (Wildman–Crippen MR) is 137 cm³/mol. The molecule has 3 aromatic carbocycles. The Balaban J connectivity index is 1.42. The normalized spacial score (nSPS) is 20.0. The zero-order valence-corrected chi connectivity index (χ0v) is 20.7. The molecule has 1 saturated heterocycles. The molecule has 184 valence electrons. The number of carbonyl (C=O) groups is 1. The summed E-state index contributed by atoms with van der Waals surface area (Å²) in [7, 11) is 0. The number of ether oxygens (including phenoxy) is 2. The maximum Gasteiger partial charge on any atom is 0.262 e. The molecule has 0 bridgehead atoms. The lowest BCUT2D eigenvalue weighted by Crippen LogP contribution is -2.31. The van der Waals surface area contributed by atoms with E-state index in [-0.39, 0.29) is 36.3 Å². The van der Waals surface area contributed by atoms with Crippen molar-refractivity contribution in [1.82, 2.24) is 0 Å². The molecule has 0 radical (unpaired) electrons. The van der Waals surface area contributed by atoms with Crippen LogP contribution in [-0.4, -0.2) is 19.1 Å². The van der Waals surface area contributed by atoms with Gasteiger partial charge in [-0.15, -0.1) is 0 Å². The Kier molecular flexibility index (Phi) is 8.19.